The van der Waals surface area contributed by atoms with Crippen LogP contribution in [0.3, 0.4) is 0 Å². The molecule has 0 radical (unpaired) electrons. The van der Waals surface area contributed by atoms with Crippen LogP contribution >= 0.6 is 27.7 Å². The predicted octanol–water partition coefficient (Wildman–Crippen LogP) is 4.94. The Morgan fingerprint density at radius 1 is 1.14 bits per heavy atom. The van der Waals surface area contributed by atoms with Gasteiger partial charge in [-0.3, -0.25) is 4.79 Å². The van der Waals surface area contributed by atoms with Gasteiger partial charge in [0, 0.05) is 10.2 Å². The molecule has 21 heavy (non-hydrogen) atoms. The van der Waals surface area contributed by atoms with E-state index < -0.39 is 0 Å². The Labute approximate surface area is 138 Å². The summed E-state index contributed by atoms with van der Waals surface area (Å²) in [6.45, 7) is 4.20. The van der Waals surface area contributed by atoms with Gasteiger partial charge in [0.15, 0.2) is 0 Å². The summed E-state index contributed by atoms with van der Waals surface area (Å²) in [6.07, 6.45) is 0. The number of amides is 1. The number of halogens is 1. The molecule has 0 spiro atoms. The first-order valence-corrected chi connectivity index (χ1v) is 8.68. The van der Waals surface area contributed by atoms with Gasteiger partial charge in [0.05, 0.1) is 11.4 Å². The third-order valence-electron chi connectivity index (χ3n) is 2.93. The minimum atomic E-state index is 0.0243. The Morgan fingerprint density at radius 2 is 1.81 bits per heavy atom. The van der Waals surface area contributed by atoms with E-state index in [9.17, 15) is 4.79 Å². The molecule has 1 amide bonds. The highest BCUT2D eigenvalue weighted by molar-refractivity contribution is 9.10. The first kappa shape index (κ1) is 16.1. The molecular formula is C17H18BrNOS. The molecule has 2 aromatic carbocycles. The number of hydrogen-bond acceptors (Lipinski definition) is 2. The number of nitrogens with one attached hydrogen (secondary N) is 1. The van der Waals surface area contributed by atoms with Gasteiger partial charge in [-0.2, -0.15) is 0 Å². The van der Waals surface area contributed by atoms with Crippen LogP contribution in [0.25, 0.3) is 0 Å². The maximum atomic E-state index is 11.9. The zero-order valence-corrected chi connectivity index (χ0v) is 14.6. The number of para-hydroxylation sites is 1. The summed E-state index contributed by atoms with van der Waals surface area (Å²) in [5.74, 6) is 1.33. The third kappa shape index (κ3) is 5.21. The van der Waals surface area contributed by atoms with Gasteiger partial charge in [0.2, 0.25) is 5.91 Å². The van der Waals surface area contributed by atoms with Crippen molar-refractivity contribution >= 4 is 39.3 Å². The van der Waals surface area contributed by atoms with E-state index in [1.807, 2.05) is 24.3 Å². The van der Waals surface area contributed by atoms with Gasteiger partial charge in [0.1, 0.15) is 0 Å². The van der Waals surface area contributed by atoms with Gasteiger partial charge in [-0.05, 0) is 47.5 Å². The smallest absolute Gasteiger partial charge is 0.234 e. The molecule has 0 saturated heterocycles. The van der Waals surface area contributed by atoms with Crippen LogP contribution in [0.2, 0.25) is 0 Å². The maximum Gasteiger partial charge on any atom is 0.234 e. The Hall–Kier alpha value is -1.26. The fraction of sp³-hybridized carbons (Fsp3) is 0.235. The first-order chi connectivity index (χ1) is 10.0. The molecule has 0 atom stereocenters. The number of thioether (sulfide) groups is 1. The monoisotopic (exact) mass is 363 g/mol. The van der Waals surface area contributed by atoms with Crippen molar-refractivity contribution in [3.8, 4) is 0 Å². The summed E-state index contributed by atoms with van der Waals surface area (Å²) in [7, 11) is 0. The van der Waals surface area contributed by atoms with Crippen LogP contribution in [0.1, 0.15) is 16.7 Å². The summed E-state index contributed by atoms with van der Waals surface area (Å²) in [4.78, 5) is 11.9. The Balaban J connectivity index is 1.83. The Morgan fingerprint density at radius 3 is 2.48 bits per heavy atom. The SMILES string of the molecule is Cc1cc(C)cc(CSCC(=O)Nc2ccccc2Br)c1. The minimum Gasteiger partial charge on any atom is -0.324 e. The van der Waals surface area contributed by atoms with Gasteiger partial charge in [-0.15, -0.1) is 11.8 Å². The molecule has 110 valence electrons. The van der Waals surface area contributed by atoms with E-state index in [1.165, 1.54) is 16.7 Å². The van der Waals surface area contributed by atoms with Gasteiger partial charge in [-0.25, -0.2) is 0 Å². The average molecular weight is 364 g/mol. The molecule has 4 heteroatoms. The number of carbonyl (C=O) groups is 1. The molecule has 0 saturated carbocycles. The summed E-state index contributed by atoms with van der Waals surface area (Å²) < 4.78 is 0.901. The van der Waals surface area contributed by atoms with E-state index in [0.29, 0.717) is 5.75 Å². The molecule has 2 aromatic rings. The molecular weight excluding hydrogens is 346 g/mol. The van der Waals surface area contributed by atoms with Crippen molar-refractivity contribution in [3.63, 3.8) is 0 Å². The second-order valence-electron chi connectivity index (χ2n) is 5.02. The highest BCUT2D eigenvalue weighted by Crippen LogP contribution is 2.22. The molecule has 1 N–H and O–H groups in total. The molecule has 0 aliphatic rings. The molecule has 0 aliphatic heterocycles. The van der Waals surface area contributed by atoms with Crippen molar-refractivity contribution in [1.82, 2.24) is 0 Å². The lowest BCUT2D eigenvalue weighted by Gasteiger charge is -2.08. The van der Waals surface area contributed by atoms with Crippen molar-refractivity contribution in [2.75, 3.05) is 11.1 Å². The molecule has 0 aliphatic carbocycles. The van der Waals surface area contributed by atoms with E-state index in [0.717, 1.165) is 15.9 Å². The van der Waals surface area contributed by atoms with Crippen LogP contribution in [-0.2, 0) is 10.5 Å². The fourth-order valence-corrected chi connectivity index (χ4v) is 3.31. The summed E-state index contributed by atoms with van der Waals surface area (Å²) >= 11 is 5.05. The second-order valence-corrected chi connectivity index (χ2v) is 6.86. The summed E-state index contributed by atoms with van der Waals surface area (Å²) in [5.41, 5.74) is 4.62. The van der Waals surface area contributed by atoms with E-state index >= 15 is 0 Å². The van der Waals surface area contributed by atoms with E-state index in [2.05, 4.69) is 53.3 Å². The molecule has 0 heterocycles. The second kappa shape index (κ2) is 7.66. The molecule has 2 rings (SSSR count). The summed E-state index contributed by atoms with van der Waals surface area (Å²) in [6, 6.07) is 14.1. The van der Waals surface area contributed by atoms with Crippen LogP contribution < -0.4 is 5.32 Å². The fourth-order valence-electron chi connectivity index (χ4n) is 2.16. The lowest BCUT2D eigenvalue weighted by atomic mass is 10.1. The number of anilines is 1. The van der Waals surface area contributed by atoms with Crippen molar-refractivity contribution in [3.05, 3.63) is 63.6 Å². The van der Waals surface area contributed by atoms with E-state index in [-0.39, 0.29) is 5.91 Å². The zero-order chi connectivity index (χ0) is 15.2. The molecule has 0 fully saturated rings. The van der Waals surface area contributed by atoms with Crippen LogP contribution in [0, 0.1) is 13.8 Å². The standard InChI is InChI=1S/C17H18BrNOS/c1-12-7-13(2)9-14(8-12)10-21-11-17(20)19-16-6-4-3-5-15(16)18/h3-9H,10-11H2,1-2H3,(H,19,20). The van der Waals surface area contributed by atoms with Crippen molar-refractivity contribution in [2.45, 2.75) is 19.6 Å². The highest BCUT2D eigenvalue weighted by Gasteiger charge is 2.05. The van der Waals surface area contributed by atoms with Crippen molar-refractivity contribution in [2.24, 2.45) is 0 Å². The number of carbonyl (C=O) groups excluding carboxylic acids is 1. The largest absolute Gasteiger partial charge is 0.324 e. The number of rotatable bonds is 5. The molecule has 0 aromatic heterocycles. The van der Waals surface area contributed by atoms with E-state index in [4.69, 9.17) is 0 Å². The summed E-state index contributed by atoms with van der Waals surface area (Å²) in [5, 5.41) is 2.91. The van der Waals surface area contributed by atoms with Gasteiger partial charge < -0.3 is 5.32 Å². The lowest BCUT2D eigenvalue weighted by molar-refractivity contribution is -0.113. The van der Waals surface area contributed by atoms with E-state index in [1.54, 1.807) is 11.8 Å². The molecule has 2 nitrogen and oxygen atoms in total. The van der Waals surface area contributed by atoms with Gasteiger partial charge >= 0.3 is 0 Å². The normalized spacial score (nSPS) is 10.4. The van der Waals surface area contributed by atoms with Crippen molar-refractivity contribution in [1.29, 1.82) is 0 Å². The number of hydrogen-bond donors (Lipinski definition) is 1. The number of benzene rings is 2. The van der Waals surface area contributed by atoms with Crippen LogP contribution in [0.15, 0.2) is 46.9 Å². The van der Waals surface area contributed by atoms with Crippen LogP contribution in [0.5, 0.6) is 0 Å². The Bertz CT molecular complexity index is 622. The van der Waals surface area contributed by atoms with Crippen LogP contribution in [-0.4, -0.2) is 11.7 Å². The maximum absolute atomic E-state index is 11.9. The quantitative estimate of drug-likeness (QED) is 0.814. The Kier molecular flexibility index (Phi) is 5.88. The van der Waals surface area contributed by atoms with Crippen LogP contribution in [0.4, 0.5) is 5.69 Å². The third-order valence-corrected chi connectivity index (χ3v) is 4.63. The van der Waals surface area contributed by atoms with Gasteiger partial charge in [0.25, 0.3) is 0 Å². The molecule has 0 bridgehead atoms. The average Bonchev–Trinajstić information content (AvgIpc) is 2.40. The van der Waals surface area contributed by atoms with Gasteiger partial charge in [-0.1, -0.05) is 41.5 Å². The lowest BCUT2D eigenvalue weighted by Crippen LogP contribution is -2.14. The first-order valence-electron chi connectivity index (χ1n) is 6.74. The molecule has 0 unspecified atom stereocenters. The number of aryl methyl sites for hydroxylation is 2. The highest BCUT2D eigenvalue weighted by atomic mass is 79.9. The minimum absolute atomic E-state index is 0.0243. The predicted molar refractivity (Wildman–Crippen MR) is 94.8 cm³/mol. The topological polar surface area (TPSA) is 29.1 Å². The zero-order valence-electron chi connectivity index (χ0n) is 12.2. The van der Waals surface area contributed by atoms with Crippen molar-refractivity contribution < 1.29 is 4.79 Å².